The molecule has 1 atom stereocenters. The SMILES string of the molecule is CC(C)(C)OC(=O)NC(CCO)c1cccc(Cl)c1Cl. The van der Waals surface area contributed by atoms with Gasteiger partial charge in [-0.1, -0.05) is 35.3 Å². The molecule has 112 valence electrons. The zero-order valence-electron chi connectivity index (χ0n) is 11.7. The number of ether oxygens (including phenoxy) is 1. The first kappa shape index (κ1) is 17.1. The molecule has 0 aromatic heterocycles. The number of carbonyl (C=O) groups is 1. The quantitative estimate of drug-likeness (QED) is 0.883. The fourth-order valence-corrected chi connectivity index (χ4v) is 2.11. The number of aliphatic hydroxyl groups is 1. The summed E-state index contributed by atoms with van der Waals surface area (Å²) in [4.78, 5) is 11.8. The molecule has 1 aromatic rings. The maximum absolute atomic E-state index is 11.8. The Kier molecular flexibility index (Phi) is 6.11. The molecule has 0 spiro atoms. The van der Waals surface area contributed by atoms with Gasteiger partial charge in [-0.3, -0.25) is 0 Å². The van der Waals surface area contributed by atoms with E-state index < -0.39 is 17.7 Å². The van der Waals surface area contributed by atoms with Crippen molar-refractivity contribution >= 4 is 29.3 Å². The molecule has 0 fully saturated rings. The summed E-state index contributed by atoms with van der Waals surface area (Å²) in [5.41, 5.74) is 0.0606. The van der Waals surface area contributed by atoms with E-state index in [-0.39, 0.29) is 6.61 Å². The minimum atomic E-state index is -0.591. The van der Waals surface area contributed by atoms with Crippen molar-refractivity contribution in [3.8, 4) is 0 Å². The lowest BCUT2D eigenvalue weighted by Crippen LogP contribution is -2.35. The topological polar surface area (TPSA) is 58.6 Å². The first-order valence-electron chi connectivity index (χ1n) is 6.29. The van der Waals surface area contributed by atoms with E-state index in [4.69, 9.17) is 33.0 Å². The van der Waals surface area contributed by atoms with Crippen molar-refractivity contribution < 1.29 is 14.6 Å². The molecule has 0 saturated carbocycles. The molecule has 2 N–H and O–H groups in total. The highest BCUT2D eigenvalue weighted by atomic mass is 35.5. The predicted octanol–water partition coefficient (Wildman–Crippen LogP) is 3.94. The van der Waals surface area contributed by atoms with Gasteiger partial charge in [-0.15, -0.1) is 0 Å². The van der Waals surface area contributed by atoms with E-state index in [2.05, 4.69) is 5.32 Å². The standard InChI is InChI=1S/C14H19Cl2NO3/c1-14(2,3)20-13(19)17-11(7-8-18)9-5-4-6-10(15)12(9)16/h4-6,11,18H,7-8H2,1-3H3,(H,17,19). The Labute approximate surface area is 129 Å². The molecule has 1 rings (SSSR count). The van der Waals surface area contributed by atoms with Crippen LogP contribution in [0.15, 0.2) is 18.2 Å². The molecule has 4 nitrogen and oxygen atoms in total. The fourth-order valence-electron chi connectivity index (χ4n) is 1.67. The number of amides is 1. The maximum atomic E-state index is 11.8. The van der Waals surface area contributed by atoms with Crippen molar-refractivity contribution in [1.82, 2.24) is 5.32 Å². The molecule has 0 radical (unpaired) electrons. The van der Waals surface area contributed by atoms with Crippen molar-refractivity contribution in [1.29, 1.82) is 0 Å². The van der Waals surface area contributed by atoms with Crippen LogP contribution in [0.2, 0.25) is 10.0 Å². The number of aliphatic hydroxyl groups excluding tert-OH is 1. The second-order valence-electron chi connectivity index (χ2n) is 5.35. The van der Waals surface area contributed by atoms with Crippen molar-refractivity contribution in [2.75, 3.05) is 6.61 Å². The molecule has 6 heteroatoms. The summed E-state index contributed by atoms with van der Waals surface area (Å²) in [7, 11) is 0. The van der Waals surface area contributed by atoms with Gasteiger partial charge in [0.05, 0.1) is 16.1 Å². The summed E-state index contributed by atoms with van der Waals surface area (Å²) < 4.78 is 5.20. The molecule has 1 amide bonds. The van der Waals surface area contributed by atoms with Gasteiger partial charge in [0.25, 0.3) is 0 Å². The third kappa shape index (κ3) is 5.19. The van der Waals surface area contributed by atoms with Crippen LogP contribution in [0, 0.1) is 0 Å². The number of nitrogens with one attached hydrogen (secondary N) is 1. The Balaban J connectivity index is 2.89. The van der Waals surface area contributed by atoms with E-state index in [0.29, 0.717) is 22.0 Å². The molecule has 0 aliphatic rings. The van der Waals surface area contributed by atoms with Gasteiger partial charge in [-0.25, -0.2) is 4.79 Å². The first-order valence-corrected chi connectivity index (χ1v) is 7.04. The minimum Gasteiger partial charge on any atom is -0.444 e. The molecule has 1 aromatic carbocycles. The van der Waals surface area contributed by atoms with Gasteiger partial charge in [-0.2, -0.15) is 0 Å². The van der Waals surface area contributed by atoms with E-state index in [1.54, 1.807) is 39.0 Å². The van der Waals surface area contributed by atoms with Crippen LogP contribution < -0.4 is 5.32 Å². The van der Waals surface area contributed by atoms with Crippen LogP contribution in [0.3, 0.4) is 0 Å². The normalized spacial score (nSPS) is 12.9. The van der Waals surface area contributed by atoms with Crippen molar-refractivity contribution in [3.63, 3.8) is 0 Å². The molecule has 0 bridgehead atoms. The van der Waals surface area contributed by atoms with E-state index in [1.807, 2.05) is 0 Å². The van der Waals surface area contributed by atoms with Crippen molar-refractivity contribution in [2.45, 2.75) is 38.8 Å². The molecular formula is C14H19Cl2NO3. The van der Waals surface area contributed by atoms with Crippen LogP contribution in [0.4, 0.5) is 4.79 Å². The van der Waals surface area contributed by atoms with Gasteiger partial charge in [0.15, 0.2) is 0 Å². The summed E-state index contributed by atoms with van der Waals surface area (Å²) >= 11 is 12.1. The average molecular weight is 320 g/mol. The van der Waals surface area contributed by atoms with Crippen LogP contribution in [0.5, 0.6) is 0 Å². The minimum absolute atomic E-state index is 0.0939. The summed E-state index contributed by atoms with van der Waals surface area (Å²) in [5, 5.41) is 12.6. The highest BCUT2D eigenvalue weighted by Gasteiger charge is 2.22. The molecule has 0 aliphatic heterocycles. The summed E-state index contributed by atoms with van der Waals surface area (Å²) in [6.45, 7) is 5.24. The third-order valence-corrected chi connectivity index (χ3v) is 3.30. The van der Waals surface area contributed by atoms with Crippen LogP contribution in [0.1, 0.15) is 38.8 Å². The lowest BCUT2D eigenvalue weighted by Gasteiger charge is -2.24. The Morgan fingerprint density at radius 3 is 2.60 bits per heavy atom. The third-order valence-electron chi connectivity index (χ3n) is 2.47. The zero-order valence-corrected chi connectivity index (χ0v) is 13.3. The number of halogens is 2. The van der Waals surface area contributed by atoms with Crippen molar-refractivity contribution in [2.24, 2.45) is 0 Å². The molecule has 0 saturated heterocycles. The highest BCUT2D eigenvalue weighted by molar-refractivity contribution is 6.42. The van der Waals surface area contributed by atoms with E-state index in [0.717, 1.165) is 0 Å². The number of rotatable bonds is 4. The van der Waals surface area contributed by atoms with Crippen LogP contribution >= 0.6 is 23.2 Å². The average Bonchev–Trinajstić information content (AvgIpc) is 2.30. The fraction of sp³-hybridized carbons (Fsp3) is 0.500. The van der Waals surface area contributed by atoms with Gasteiger partial charge in [0, 0.05) is 6.61 Å². The number of hydrogen-bond acceptors (Lipinski definition) is 3. The summed E-state index contributed by atoms with van der Waals surface area (Å²) in [6.07, 6.45) is -0.244. The molecule has 20 heavy (non-hydrogen) atoms. The van der Waals surface area contributed by atoms with Gasteiger partial charge in [0.1, 0.15) is 5.60 Å². The lowest BCUT2D eigenvalue weighted by atomic mass is 10.0. The van der Waals surface area contributed by atoms with E-state index >= 15 is 0 Å². The highest BCUT2D eigenvalue weighted by Crippen LogP contribution is 2.31. The van der Waals surface area contributed by atoms with Gasteiger partial charge < -0.3 is 15.2 Å². The number of alkyl carbamates (subject to hydrolysis) is 1. The molecular weight excluding hydrogens is 301 g/mol. The maximum Gasteiger partial charge on any atom is 0.408 e. The zero-order chi connectivity index (χ0) is 15.3. The van der Waals surface area contributed by atoms with Crippen LogP contribution in [-0.2, 0) is 4.74 Å². The first-order chi connectivity index (χ1) is 9.24. The number of carbonyl (C=O) groups excluding carboxylic acids is 1. The van der Waals surface area contributed by atoms with Gasteiger partial charge >= 0.3 is 6.09 Å². The van der Waals surface area contributed by atoms with Crippen molar-refractivity contribution in [3.05, 3.63) is 33.8 Å². The smallest absolute Gasteiger partial charge is 0.408 e. The molecule has 0 aliphatic carbocycles. The molecule has 0 heterocycles. The Hall–Kier alpha value is -0.970. The number of benzene rings is 1. The summed E-state index contributed by atoms with van der Waals surface area (Å²) in [6, 6.07) is 4.70. The Morgan fingerprint density at radius 1 is 1.40 bits per heavy atom. The van der Waals surface area contributed by atoms with Crippen LogP contribution in [-0.4, -0.2) is 23.4 Å². The van der Waals surface area contributed by atoms with Crippen LogP contribution in [0.25, 0.3) is 0 Å². The summed E-state index contributed by atoms with van der Waals surface area (Å²) in [5.74, 6) is 0. The predicted molar refractivity (Wildman–Crippen MR) is 80.3 cm³/mol. The Bertz CT molecular complexity index is 472. The monoisotopic (exact) mass is 319 g/mol. The Morgan fingerprint density at radius 2 is 2.05 bits per heavy atom. The number of hydrogen-bond donors (Lipinski definition) is 2. The molecule has 1 unspecified atom stereocenters. The van der Waals surface area contributed by atoms with Gasteiger partial charge in [-0.05, 0) is 38.8 Å². The van der Waals surface area contributed by atoms with E-state index in [1.165, 1.54) is 0 Å². The largest absolute Gasteiger partial charge is 0.444 e. The lowest BCUT2D eigenvalue weighted by molar-refractivity contribution is 0.0496. The van der Waals surface area contributed by atoms with Gasteiger partial charge in [0.2, 0.25) is 0 Å². The second kappa shape index (κ2) is 7.16. The second-order valence-corrected chi connectivity index (χ2v) is 6.14. The van der Waals surface area contributed by atoms with E-state index in [9.17, 15) is 4.79 Å².